The van der Waals surface area contributed by atoms with Gasteiger partial charge in [0.2, 0.25) is 0 Å². The van der Waals surface area contributed by atoms with Crippen LogP contribution in [0.3, 0.4) is 0 Å². The Hall–Kier alpha value is -3.79. The standard InChI is InChI=1S/C26H30N6O4/c1-15-8-9-22-29-30-23(32(15)22)19-6-5-7-21(27-19)28-24(33)18-12-17-14-31(25(34)26(2,3)35)11-10-16(17)13-20(18)36-4/h5-7,12-13,15,35H,8-11,14H2,1-4H3,(H,27,28,33)/t15-/m1/s1. The Morgan fingerprint density at radius 1 is 1.17 bits per heavy atom. The first-order chi connectivity index (χ1) is 17.2. The lowest BCUT2D eigenvalue weighted by molar-refractivity contribution is -0.148. The van der Waals surface area contributed by atoms with Gasteiger partial charge in [-0.1, -0.05) is 6.07 Å². The molecule has 10 nitrogen and oxygen atoms in total. The maximum atomic E-state index is 13.3. The number of carbonyl (C=O) groups excluding carboxylic acids is 2. The number of nitrogens with one attached hydrogen (secondary N) is 1. The second-order valence-electron chi connectivity index (χ2n) is 9.92. The van der Waals surface area contributed by atoms with Gasteiger partial charge in [0.15, 0.2) is 5.82 Å². The lowest BCUT2D eigenvalue weighted by atomic mass is 9.95. The van der Waals surface area contributed by atoms with Crippen molar-refractivity contribution in [1.29, 1.82) is 0 Å². The summed E-state index contributed by atoms with van der Waals surface area (Å²) in [5.74, 6) is 1.77. The first kappa shape index (κ1) is 23.9. The summed E-state index contributed by atoms with van der Waals surface area (Å²) in [6.07, 6.45) is 2.52. The van der Waals surface area contributed by atoms with E-state index in [-0.39, 0.29) is 11.8 Å². The van der Waals surface area contributed by atoms with Crippen molar-refractivity contribution in [2.45, 2.75) is 58.2 Å². The van der Waals surface area contributed by atoms with E-state index >= 15 is 0 Å². The van der Waals surface area contributed by atoms with Gasteiger partial charge in [-0.15, -0.1) is 10.2 Å². The van der Waals surface area contributed by atoms with E-state index < -0.39 is 5.60 Å². The second-order valence-corrected chi connectivity index (χ2v) is 9.92. The predicted octanol–water partition coefficient (Wildman–Crippen LogP) is 2.76. The number of aliphatic hydroxyl groups is 1. The van der Waals surface area contributed by atoms with E-state index in [0.29, 0.717) is 54.2 Å². The second kappa shape index (κ2) is 9.02. The van der Waals surface area contributed by atoms with Crippen LogP contribution in [0.1, 0.15) is 60.5 Å². The van der Waals surface area contributed by atoms with Gasteiger partial charge in [-0.05, 0) is 69.0 Å². The Balaban J connectivity index is 1.40. The zero-order valence-electron chi connectivity index (χ0n) is 20.9. The zero-order valence-corrected chi connectivity index (χ0v) is 20.9. The number of rotatable bonds is 5. The van der Waals surface area contributed by atoms with Gasteiger partial charge in [0.25, 0.3) is 11.8 Å². The van der Waals surface area contributed by atoms with Gasteiger partial charge in [-0.2, -0.15) is 0 Å². The molecule has 0 spiro atoms. The van der Waals surface area contributed by atoms with E-state index in [4.69, 9.17) is 4.74 Å². The van der Waals surface area contributed by atoms with Crippen LogP contribution in [0, 0.1) is 0 Å². The fourth-order valence-electron chi connectivity index (χ4n) is 4.90. The Kier molecular flexibility index (Phi) is 5.99. The Morgan fingerprint density at radius 2 is 1.97 bits per heavy atom. The molecule has 10 heteroatoms. The van der Waals surface area contributed by atoms with Crippen LogP contribution in [0.15, 0.2) is 30.3 Å². The van der Waals surface area contributed by atoms with E-state index in [2.05, 4.69) is 32.0 Å². The topological polar surface area (TPSA) is 122 Å². The third-order valence-corrected chi connectivity index (χ3v) is 6.80. The monoisotopic (exact) mass is 490 g/mol. The zero-order chi connectivity index (χ0) is 25.6. The average molecular weight is 491 g/mol. The highest BCUT2D eigenvalue weighted by Crippen LogP contribution is 2.31. The molecule has 1 aromatic carbocycles. The highest BCUT2D eigenvalue weighted by atomic mass is 16.5. The van der Waals surface area contributed by atoms with Crippen molar-refractivity contribution in [3.8, 4) is 17.3 Å². The quantitative estimate of drug-likeness (QED) is 0.564. The first-order valence-electron chi connectivity index (χ1n) is 12.1. The predicted molar refractivity (Wildman–Crippen MR) is 133 cm³/mol. The minimum absolute atomic E-state index is 0.299. The Morgan fingerprint density at radius 3 is 2.72 bits per heavy atom. The van der Waals surface area contributed by atoms with Crippen LogP contribution in [-0.4, -0.2) is 60.8 Å². The number of benzene rings is 1. The molecule has 2 aliphatic rings. The summed E-state index contributed by atoms with van der Waals surface area (Å²) < 4.78 is 7.62. The number of carbonyl (C=O) groups is 2. The van der Waals surface area contributed by atoms with Crippen molar-refractivity contribution in [3.63, 3.8) is 0 Å². The van der Waals surface area contributed by atoms with E-state index in [1.807, 2.05) is 18.2 Å². The van der Waals surface area contributed by atoms with Crippen LogP contribution < -0.4 is 10.1 Å². The molecule has 0 saturated heterocycles. The third-order valence-electron chi connectivity index (χ3n) is 6.80. The minimum Gasteiger partial charge on any atom is -0.496 e. The SMILES string of the molecule is COc1cc2c(cc1C(=O)Nc1cccc(-c3nnc4n3[C@H](C)CC4)n1)CN(C(=O)C(C)(C)O)CC2. The molecular weight excluding hydrogens is 460 g/mol. The van der Waals surface area contributed by atoms with Crippen LogP contribution >= 0.6 is 0 Å². The smallest absolute Gasteiger partial charge is 0.260 e. The largest absolute Gasteiger partial charge is 0.496 e. The molecule has 0 fully saturated rings. The molecule has 0 saturated carbocycles. The molecular formula is C26H30N6O4. The summed E-state index contributed by atoms with van der Waals surface area (Å²) in [5.41, 5.74) is 1.39. The van der Waals surface area contributed by atoms with Crippen molar-refractivity contribution >= 4 is 17.6 Å². The summed E-state index contributed by atoms with van der Waals surface area (Å²) in [4.78, 5) is 32.1. The molecule has 2 aromatic heterocycles. The first-order valence-corrected chi connectivity index (χ1v) is 12.1. The molecule has 0 radical (unpaired) electrons. The molecule has 4 heterocycles. The molecule has 5 rings (SSSR count). The maximum absolute atomic E-state index is 13.3. The molecule has 188 valence electrons. The van der Waals surface area contributed by atoms with Gasteiger partial charge in [0, 0.05) is 25.6 Å². The number of nitrogens with zero attached hydrogens (tertiary/aromatic N) is 5. The van der Waals surface area contributed by atoms with Crippen molar-refractivity contribution in [2.75, 3.05) is 19.0 Å². The summed E-state index contributed by atoms with van der Waals surface area (Å²) in [6.45, 7) is 5.90. The Labute approximate surface area is 209 Å². The fraction of sp³-hybridized carbons (Fsp3) is 0.423. The molecule has 1 atom stereocenters. The van der Waals surface area contributed by atoms with Gasteiger partial charge in [-0.25, -0.2) is 4.98 Å². The summed E-state index contributed by atoms with van der Waals surface area (Å²) in [7, 11) is 1.53. The van der Waals surface area contributed by atoms with E-state index in [9.17, 15) is 14.7 Å². The summed E-state index contributed by atoms with van der Waals surface area (Å²) in [6, 6.07) is 9.30. The van der Waals surface area contributed by atoms with Crippen LogP contribution in [0.5, 0.6) is 5.75 Å². The average Bonchev–Trinajstić information content (AvgIpc) is 3.44. The van der Waals surface area contributed by atoms with Crippen molar-refractivity contribution in [3.05, 3.63) is 52.8 Å². The van der Waals surface area contributed by atoms with E-state index in [1.54, 1.807) is 17.0 Å². The van der Waals surface area contributed by atoms with Crippen LogP contribution in [0.2, 0.25) is 0 Å². The molecule has 2 amide bonds. The molecule has 3 aromatic rings. The van der Waals surface area contributed by atoms with Crippen LogP contribution in [0.25, 0.3) is 11.5 Å². The fourth-order valence-corrected chi connectivity index (χ4v) is 4.90. The Bertz CT molecular complexity index is 1340. The third kappa shape index (κ3) is 4.32. The van der Waals surface area contributed by atoms with Crippen molar-refractivity contribution in [1.82, 2.24) is 24.6 Å². The number of aromatic nitrogens is 4. The number of methoxy groups -OCH3 is 1. The summed E-state index contributed by atoms with van der Waals surface area (Å²) >= 11 is 0. The maximum Gasteiger partial charge on any atom is 0.260 e. The number of ether oxygens (including phenoxy) is 1. The van der Waals surface area contributed by atoms with Crippen LogP contribution in [-0.2, 0) is 24.2 Å². The highest BCUT2D eigenvalue weighted by Gasteiger charge is 2.32. The molecule has 2 N–H and O–H groups in total. The minimum atomic E-state index is -1.46. The van der Waals surface area contributed by atoms with Gasteiger partial charge in [0.1, 0.15) is 28.7 Å². The van der Waals surface area contributed by atoms with Crippen LogP contribution in [0.4, 0.5) is 5.82 Å². The molecule has 0 unspecified atom stereocenters. The van der Waals surface area contributed by atoms with Gasteiger partial charge < -0.3 is 24.6 Å². The van der Waals surface area contributed by atoms with Crippen molar-refractivity contribution in [2.24, 2.45) is 0 Å². The number of fused-ring (bicyclic) bond motifs is 2. The number of amides is 2. The van der Waals surface area contributed by atoms with Crippen molar-refractivity contribution < 1.29 is 19.4 Å². The highest BCUT2D eigenvalue weighted by molar-refractivity contribution is 6.06. The lowest BCUT2D eigenvalue weighted by Crippen LogP contribution is -2.47. The molecule has 0 bridgehead atoms. The van der Waals surface area contributed by atoms with E-state index in [0.717, 1.165) is 29.8 Å². The lowest BCUT2D eigenvalue weighted by Gasteiger charge is -2.33. The molecule has 0 aliphatic carbocycles. The number of pyridine rings is 1. The summed E-state index contributed by atoms with van der Waals surface area (Å²) in [5, 5.41) is 21.6. The molecule has 36 heavy (non-hydrogen) atoms. The number of hydrogen-bond acceptors (Lipinski definition) is 7. The van der Waals surface area contributed by atoms with Gasteiger partial charge >= 0.3 is 0 Å². The van der Waals surface area contributed by atoms with Gasteiger partial charge in [0.05, 0.1) is 12.7 Å². The van der Waals surface area contributed by atoms with Gasteiger partial charge in [-0.3, -0.25) is 9.59 Å². The number of anilines is 1. The van der Waals surface area contributed by atoms with E-state index in [1.165, 1.54) is 21.0 Å². The normalized spacial score (nSPS) is 16.9. The number of hydrogen-bond donors (Lipinski definition) is 2. The molecule has 2 aliphatic heterocycles. The number of aryl methyl sites for hydroxylation is 1.